The number of rotatable bonds is 4. The van der Waals surface area contributed by atoms with E-state index in [0.29, 0.717) is 0 Å². The lowest BCUT2D eigenvalue weighted by molar-refractivity contribution is -0.114. The van der Waals surface area contributed by atoms with Gasteiger partial charge < -0.3 is 10.6 Å². The number of carbonyl (C=O) groups is 1. The van der Waals surface area contributed by atoms with E-state index >= 15 is 0 Å². The van der Waals surface area contributed by atoms with Crippen LogP contribution in [0.3, 0.4) is 0 Å². The Morgan fingerprint density at radius 3 is 2.50 bits per heavy atom. The van der Waals surface area contributed by atoms with Crippen LogP contribution in [0.5, 0.6) is 0 Å². The Hall–Kier alpha value is -1.56. The Labute approximate surface area is 132 Å². The highest BCUT2D eigenvalue weighted by Gasteiger charge is 2.05. The van der Waals surface area contributed by atoms with Crippen molar-refractivity contribution in [3.63, 3.8) is 0 Å². The summed E-state index contributed by atoms with van der Waals surface area (Å²) in [4.78, 5) is 11.9. The summed E-state index contributed by atoms with van der Waals surface area (Å²) < 4.78 is 1.19. The van der Waals surface area contributed by atoms with E-state index in [-0.39, 0.29) is 12.5 Å². The zero-order valence-electron chi connectivity index (χ0n) is 11.5. The maximum Gasteiger partial charge on any atom is 0.243 e. The predicted octanol–water partition coefficient (Wildman–Crippen LogP) is 3.96. The summed E-state index contributed by atoms with van der Waals surface area (Å²) in [6.45, 7) is 4.27. The number of amides is 1. The van der Waals surface area contributed by atoms with Crippen LogP contribution in [-0.2, 0) is 4.79 Å². The van der Waals surface area contributed by atoms with E-state index in [0.717, 1.165) is 22.5 Å². The highest BCUT2D eigenvalue weighted by molar-refractivity contribution is 14.1. The standard InChI is InChI=1S/C16H17IN2O/c1-11-5-3-4-6-15(11)19-16(20)10-18-14-8-7-13(17)9-12(14)2/h3-9,18H,10H2,1-2H3,(H,19,20). The molecule has 3 nitrogen and oxygen atoms in total. The number of carbonyl (C=O) groups excluding carboxylic acids is 1. The first kappa shape index (κ1) is 14.8. The fourth-order valence-electron chi connectivity index (χ4n) is 1.91. The number of para-hydroxylation sites is 1. The van der Waals surface area contributed by atoms with E-state index in [4.69, 9.17) is 0 Å². The van der Waals surface area contributed by atoms with Gasteiger partial charge in [0.15, 0.2) is 0 Å². The fourth-order valence-corrected chi connectivity index (χ4v) is 2.56. The molecule has 0 atom stereocenters. The first-order chi connectivity index (χ1) is 9.56. The van der Waals surface area contributed by atoms with Gasteiger partial charge in [0.25, 0.3) is 0 Å². The predicted molar refractivity (Wildman–Crippen MR) is 92.2 cm³/mol. The SMILES string of the molecule is Cc1cc(I)ccc1NCC(=O)Nc1ccccc1C. The lowest BCUT2D eigenvalue weighted by atomic mass is 10.2. The van der Waals surface area contributed by atoms with Crippen LogP contribution in [0.25, 0.3) is 0 Å². The Kier molecular flexibility index (Phi) is 5.00. The molecule has 0 fully saturated rings. The van der Waals surface area contributed by atoms with E-state index in [1.54, 1.807) is 0 Å². The summed E-state index contributed by atoms with van der Waals surface area (Å²) in [7, 11) is 0. The van der Waals surface area contributed by atoms with E-state index < -0.39 is 0 Å². The Morgan fingerprint density at radius 2 is 1.80 bits per heavy atom. The van der Waals surface area contributed by atoms with Gasteiger partial charge in [-0.1, -0.05) is 18.2 Å². The molecule has 0 aliphatic heterocycles. The van der Waals surface area contributed by atoms with Gasteiger partial charge in [0.05, 0.1) is 6.54 Å². The third kappa shape index (κ3) is 3.96. The molecule has 0 bridgehead atoms. The molecule has 2 rings (SSSR count). The van der Waals surface area contributed by atoms with E-state index in [9.17, 15) is 4.79 Å². The summed E-state index contributed by atoms with van der Waals surface area (Å²) in [5.41, 5.74) is 4.05. The van der Waals surface area contributed by atoms with Crippen LogP contribution in [0.4, 0.5) is 11.4 Å². The fraction of sp³-hybridized carbons (Fsp3) is 0.188. The second-order valence-corrected chi connectivity index (χ2v) is 5.92. The van der Waals surface area contributed by atoms with Gasteiger partial charge in [0.2, 0.25) is 5.91 Å². The van der Waals surface area contributed by atoms with Gasteiger partial charge in [-0.2, -0.15) is 0 Å². The largest absolute Gasteiger partial charge is 0.376 e. The molecule has 0 aromatic heterocycles. The maximum absolute atomic E-state index is 11.9. The maximum atomic E-state index is 11.9. The quantitative estimate of drug-likeness (QED) is 0.789. The van der Waals surface area contributed by atoms with Crippen LogP contribution in [0, 0.1) is 17.4 Å². The Morgan fingerprint density at radius 1 is 1.05 bits per heavy atom. The average molecular weight is 380 g/mol. The summed E-state index contributed by atoms with van der Waals surface area (Å²) >= 11 is 2.28. The summed E-state index contributed by atoms with van der Waals surface area (Å²) in [5, 5.41) is 6.07. The van der Waals surface area contributed by atoms with E-state index in [1.807, 2.05) is 50.2 Å². The zero-order chi connectivity index (χ0) is 14.5. The molecule has 2 aromatic rings. The Bertz CT molecular complexity index is 626. The Balaban J connectivity index is 1.94. The van der Waals surface area contributed by atoms with Crippen molar-refractivity contribution in [2.45, 2.75) is 13.8 Å². The van der Waals surface area contributed by atoms with Gasteiger partial charge in [-0.15, -0.1) is 0 Å². The van der Waals surface area contributed by atoms with Crippen molar-refractivity contribution in [1.29, 1.82) is 0 Å². The molecule has 0 aliphatic carbocycles. The van der Waals surface area contributed by atoms with E-state index in [1.165, 1.54) is 3.57 Å². The first-order valence-electron chi connectivity index (χ1n) is 6.42. The van der Waals surface area contributed by atoms with Crippen LogP contribution in [0.15, 0.2) is 42.5 Å². The molecular weight excluding hydrogens is 363 g/mol. The number of hydrogen-bond acceptors (Lipinski definition) is 2. The summed E-state index contributed by atoms with van der Waals surface area (Å²) in [6, 6.07) is 13.9. The van der Waals surface area contributed by atoms with Gasteiger partial charge in [0.1, 0.15) is 0 Å². The smallest absolute Gasteiger partial charge is 0.243 e. The number of aryl methyl sites for hydroxylation is 2. The van der Waals surface area contributed by atoms with E-state index in [2.05, 4.69) is 39.3 Å². The molecule has 0 radical (unpaired) electrons. The van der Waals surface area contributed by atoms with Crippen molar-refractivity contribution < 1.29 is 4.79 Å². The average Bonchev–Trinajstić information content (AvgIpc) is 2.40. The molecule has 4 heteroatoms. The van der Waals surface area contributed by atoms with Gasteiger partial charge in [-0.3, -0.25) is 4.79 Å². The van der Waals surface area contributed by atoms with Crippen molar-refractivity contribution in [3.05, 3.63) is 57.2 Å². The molecule has 0 saturated carbocycles. The third-order valence-corrected chi connectivity index (χ3v) is 3.72. The van der Waals surface area contributed by atoms with Crippen molar-refractivity contribution >= 4 is 39.9 Å². The summed E-state index contributed by atoms with van der Waals surface area (Å²) in [6.07, 6.45) is 0. The van der Waals surface area contributed by atoms with Gasteiger partial charge in [-0.25, -0.2) is 0 Å². The molecule has 2 N–H and O–H groups in total. The lowest BCUT2D eigenvalue weighted by Crippen LogP contribution is -2.22. The molecule has 20 heavy (non-hydrogen) atoms. The molecule has 1 amide bonds. The number of anilines is 2. The normalized spacial score (nSPS) is 10.2. The van der Waals surface area contributed by atoms with Gasteiger partial charge in [0, 0.05) is 14.9 Å². The number of hydrogen-bond donors (Lipinski definition) is 2. The van der Waals surface area contributed by atoms with Crippen LogP contribution in [0.1, 0.15) is 11.1 Å². The molecule has 104 valence electrons. The second-order valence-electron chi connectivity index (χ2n) is 4.68. The van der Waals surface area contributed by atoms with Crippen LogP contribution >= 0.6 is 22.6 Å². The monoisotopic (exact) mass is 380 g/mol. The van der Waals surface area contributed by atoms with Crippen LogP contribution in [-0.4, -0.2) is 12.5 Å². The highest BCUT2D eigenvalue weighted by Crippen LogP contribution is 2.17. The molecule has 0 saturated heterocycles. The molecule has 0 spiro atoms. The third-order valence-electron chi connectivity index (χ3n) is 3.05. The molecule has 0 unspecified atom stereocenters. The number of nitrogens with one attached hydrogen (secondary N) is 2. The summed E-state index contributed by atoms with van der Waals surface area (Å²) in [5.74, 6) is -0.0442. The second kappa shape index (κ2) is 6.74. The van der Waals surface area contributed by atoms with Gasteiger partial charge in [-0.05, 0) is 71.8 Å². The molecule has 2 aromatic carbocycles. The molecule has 0 heterocycles. The van der Waals surface area contributed by atoms with Crippen molar-refractivity contribution in [2.75, 3.05) is 17.2 Å². The van der Waals surface area contributed by atoms with Crippen molar-refractivity contribution in [2.24, 2.45) is 0 Å². The minimum atomic E-state index is -0.0442. The van der Waals surface area contributed by atoms with Crippen molar-refractivity contribution in [1.82, 2.24) is 0 Å². The van der Waals surface area contributed by atoms with Crippen molar-refractivity contribution in [3.8, 4) is 0 Å². The zero-order valence-corrected chi connectivity index (χ0v) is 13.7. The minimum Gasteiger partial charge on any atom is -0.376 e. The number of halogens is 1. The van der Waals surface area contributed by atoms with Gasteiger partial charge >= 0.3 is 0 Å². The molecular formula is C16H17IN2O. The lowest BCUT2D eigenvalue weighted by Gasteiger charge is -2.11. The number of benzene rings is 2. The first-order valence-corrected chi connectivity index (χ1v) is 7.49. The molecule has 0 aliphatic rings. The van der Waals surface area contributed by atoms with Crippen LogP contribution < -0.4 is 10.6 Å². The topological polar surface area (TPSA) is 41.1 Å². The highest BCUT2D eigenvalue weighted by atomic mass is 127. The minimum absolute atomic E-state index is 0.0442. The van der Waals surface area contributed by atoms with Crippen LogP contribution in [0.2, 0.25) is 0 Å².